The van der Waals surface area contributed by atoms with Gasteiger partial charge in [0.2, 0.25) is 0 Å². The molecule has 8 nitrogen and oxygen atoms in total. The molecular formula is C21H24F3N5O3. The molecule has 172 valence electrons. The van der Waals surface area contributed by atoms with Crippen LogP contribution in [0.1, 0.15) is 23.6 Å². The third-order valence-corrected chi connectivity index (χ3v) is 4.96. The molecular weight excluding hydrogens is 427 g/mol. The summed E-state index contributed by atoms with van der Waals surface area (Å²) in [5.41, 5.74) is 3.19. The summed E-state index contributed by atoms with van der Waals surface area (Å²) in [7, 11) is 1.69. The molecule has 4 rings (SSSR count). The zero-order valence-electron chi connectivity index (χ0n) is 17.6. The number of halogens is 3. The van der Waals surface area contributed by atoms with Gasteiger partial charge in [0.25, 0.3) is 0 Å². The zero-order valence-corrected chi connectivity index (χ0v) is 17.6. The first kappa shape index (κ1) is 23.3. The predicted octanol–water partition coefficient (Wildman–Crippen LogP) is 3.12. The number of para-hydroxylation sites is 2. The Bertz CT molecular complexity index is 1060. The third-order valence-electron chi connectivity index (χ3n) is 4.96. The molecule has 1 unspecified atom stereocenters. The fourth-order valence-electron chi connectivity index (χ4n) is 3.49. The van der Waals surface area contributed by atoms with E-state index < -0.39 is 12.1 Å². The van der Waals surface area contributed by atoms with Gasteiger partial charge < -0.3 is 19.7 Å². The van der Waals surface area contributed by atoms with Crippen molar-refractivity contribution in [2.24, 2.45) is 0 Å². The lowest BCUT2D eigenvalue weighted by atomic mass is 10.1. The van der Waals surface area contributed by atoms with Gasteiger partial charge in [-0.05, 0) is 31.5 Å². The Morgan fingerprint density at radius 1 is 1.31 bits per heavy atom. The summed E-state index contributed by atoms with van der Waals surface area (Å²) in [6, 6.07) is 10.4. The zero-order chi connectivity index (χ0) is 23.3. The summed E-state index contributed by atoms with van der Waals surface area (Å²) in [5.74, 6) is -0.731. The number of fused-ring (bicyclic) bond motifs is 1. The summed E-state index contributed by atoms with van der Waals surface area (Å²) in [4.78, 5) is 13.5. The highest BCUT2D eigenvalue weighted by Gasteiger charge is 2.38. The lowest BCUT2D eigenvalue weighted by Crippen LogP contribution is -2.37. The van der Waals surface area contributed by atoms with Crippen LogP contribution in [-0.2, 0) is 24.3 Å². The van der Waals surface area contributed by atoms with Crippen LogP contribution in [0.4, 0.5) is 13.2 Å². The number of carbonyl (C=O) groups is 1. The molecule has 0 bridgehead atoms. The van der Waals surface area contributed by atoms with Crippen molar-refractivity contribution in [3.8, 4) is 11.4 Å². The summed E-state index contributed by atoms with van der Waals surface area (Å²) in [6.07, 6.45) is 1.03. The maximum atomic E-state index is 10.6. The monoisotopic (exact) mass is 451 g/mol. The van der Waals surface area contributed by atoms with E-state index in [9.17, 15) is 13.2 Å². The Kier molecular flexibility index (Phi) is 7.18. The molecule has 0 radical (unpaired) electrons. The summed E-state index contributed by atoms with van der Waals surface area (Å²) in [6.45, 7) is 3.80. The Morgan fingerprint density at radius 3 is 2.72 bits per heavy atom. The van der Waals surface area contributed by atoms with E-state index in [0.29, 0.717) is 6.04 Å². The van der Waals surface area contributed by atoms with Gasteiger partial charge in [-0.3, -0.25) is 0 Å². The largest absolute Gasteiger partial charge is 0.494 e. The van der Waals surface area contributed by atoms with Crippen LogP contribution >= 0.6 is 0 Å². The van der Waals surface area contributed by atoms with Gasteiger partial charge in [0, 0.05) is 37.9 Å². The fraction of sp³-hybridized carbons (Fsp3) is 0.381. The molecule has 2 aromatic heterocycles. The van der Waals surface area contributed by atoms with Crippen molar-refractivity contribution in [2.45, 2.75) is 45.1 Å². The number of aromatic nitrogens is 4. The Morgan fingerprint density at radius 2 is 2.03 bits per heavy atom. The van der Waals surface area contributed by atoms with Crippen molar-refractivity contribution in [1.29, 1.82) is 0 Å². The van der Waals surface area contributed by atoms with Crippen LogP contribution in [0.5, 0.6) is 5.75 Å². The molecule has 0 aliphatic carbocycles. The molecule has 1 atom stereocenters. The van der Waals surface area contributed by atoms with E-state index in [1.165, 1.54) is 5.82 Å². The molecule has 1 aromatic carbocycles. The van der Waals surface area contributed by atoms with Crippen molar-refractivity contribution < 1.29 is 27.8 Å². The number of ether oxygens (including phenoxy) is 1. The molecule has 2 N–H and O–H groups in total. The summed E-state index contributed by atoms with van der Waals surface area (Å²) in [5, 5.41) is 15.3. The first-order chi connectivity index (χ1) is 15.2. The van der Waals surface area contributed by atoms with Crippen molar-refractivity contribution >= 4 is 5.97 Å². The first-order valence-electron chi connectivity index (χ1n) is 9.91. The number of aryl methyl sites for hydroxylation is 2. The molecule has 3 aromatic rings. The van der Waals surface area contributed by atoms with Crippen LogP contribution < -0.4 is 10.1 Å². The number of nitrogens with one attached hydrogen (secondary N) is 1. The number of imidazole rings is 1. The highest BCUT2D eigenvalue weighted by atomic mass is 19.4. The predicted molar refractivity (Wildman–Crippen MR) is 110 cm³/mol. The molecule has 0 saturated carbocycles. The Labute approximate surface area is 182 Å². The quantitative estimate of drug-likeness (QED) is 0.619. The van der Waals surface area contributed by atoms with E-state index in [4.69, 9.17) is 14.6 Å². The Hall–Kier alpha value is -3.34. The lowest BCUT2D eigenvalue weighted by Gasteiger charge is -2.25. The van der Waals surface area contributed by atoms with Gasteiger partial charge in [-0.25, -0.2) is 14.5 Å². The number of hydrogen-bond acceptors (Lipinski definition) is 5. The molecule has 0 spiro atoms. The average Bonchev–Trinajstić information content (AvgIpc) is 3.36. The molecule has 1 aliphatic heterocycles. The molecule has 0 amide bonds. The van der Waals surface area contributed by atoms with Crippen molar-refractivity contribution in [3.05, 3.63) is 59.9 Å². The number of nitrogens with zero attached hydrogens (tertiary/aromatic N) is 4. The van der Waals surface area contributed by atoms with E-state index in [0.717, 1.165) is 48.8 Å². The molecule has 0 fully saturated rings. The number of hydrogen-bond donors (Lipinski definition) is 2. The number of carboxylic acid groups (broad SMARTS) is 1. The summed E-state index contributed by atoms with van der Waals surface area (Å²) < 4.78 is 41.4. The second kappa shape index (κ2) is 9.86. The molecule has 32 heavy (non-hydrogen) atoms. The van der Waals surface area contributed by atoms with E-state index in [2.05, 4.69) is 39.2 Å². The fourth-order valence-corrected chi connectivity index (χ4v) is 3.49. The van der Waals surface area contributed by atoms with Gasteiger partial charge >= 0.3 is 12.1 Å². The van der Waals surface area contributed by atoms with Gasteiger partial charge in [-0.2, -0.15) is 18.3 Å². The molecule has 11 heteroatoms. The second-order valence-corrected chi connectivity index (χ2v) is 7.28. The van der Waals surface area contributed by atoms with Crippen molar-refractivity contribution in [1.82, 2.24) is 24.6 Å². The van der Waals surface area contributed by atoms with Gasteiger partial charge in [-0.1, -0.05) is 12.1 Å². The van der Waals surface area contributed by atoms with Crippen LogP contribution in [-0.4, -0.2) is 49.7 Å². The van der Waals surface area contributed by atoms with Crippen molar-refractivity contribution in [3.63, 3.8) is 0 Å². The number of rotatable bonds is 5. The van der Waals surface area contributed by atoms with E-state index in [-0.39, 0.29) is 0 Å². The van der Waals surface area contributed by atoms with E-state index >= 15 is 0 Å². The van der Waals surface area contributed by atoms with Gasteiger partial charge in [0.05, 0.1) is 18.5 Å². The normalized spacial score (nSPS) is 15.5. The smallest absolute Gasteiger partial charge is 0.490 e. The van der Waals surface area contributed by atoms with Crippen LogP contribution in [0.2, 0.25) is 0 Å². The summed E-state index contributed by atoms with van der Waals surface area (Å²) >= 11 is 0. The van der Waals surface area contributed by atoms with Gasteiger partial charge in [-0.15, -0.1) is 0 Å². The van der Waals surface area contributed by atoms with Crippen molar-refractivity contribution in [2.75, 3.05) is 7.11 Å². The first-order valence-corrected chi connectivity index (χ1v) is 9.91. The minimum absolute atomic E-state index is 0.446. The van der Waals surface area contributed by atoms with Crippen LogP contribution in [0.15, 0.2) is 42.7 Å². The standard InChI is InChI=1S/C19H23N5O.C2HF3O2/c1-14-12-23-13-15(7-8-19(23)22-14)20-11-16-9-10-21-24(16)17-5-3-4-6-18(17)25-2;3-2(4,5)1(6)7/h3-6,9-10,12,15,20H,7-8,11,13H2,1-2H3;(H,6,7). The van der Waals surface area contributed by atoms with Crippen LogP contribution in [0.3, 0.4) is 0 Å². The van der Waals surface area contributed by atoms with Gasteiger partial charge in [0.1, 0.15) is 17.3 Å². The number of alkyl halides is 3. The van der Waals surface area contributed by atoms with Crippen LogP contribution in [0.25, 0.3) is 5.69 Å². The SMILES string of the molecule is COc1ccccc1-n1nccc1CNC1CCc2nc(C)cn2C1.O=C(O)C(F)(F)F. The molecule has 0 saturated heterocycles. The lowest BCUT2D eigenvalue weighted by molar-refractivity contribution is -0.192. The van der Waals surface area contributed by atoms with Crippen LogP contribution in [0, 0.1) is 6.92 Å². The van der Waals surface area contributed by atoms with E-state index in [1.807, 2.05) is 35.1 Å². The number of aliphatic carboxylic acids is 1. The minimum atomic E-state index is -5.08. The molecule has 1 aliphatic rings. The minimum Gasteiger partial charge on any atom is -0.494 e. The third kappa shape index (κ3) is 5.67. The van der Waals surface area contributed by atoms with E-state index in [1.54, 1.807) is 7.11 Å². The highest BCUT2D eigenvalue weighted by molar-refractivity contribution is 5.73. The molecule has 3 heterocycles. The maximum absolute atomic E-state index is 10.6. The topological polar surface area (TPSA) is 94.2 Å². The second-order valence-electron chi connectivity index (χ2n) is 7.28. The van der Waals surface area contributed by atoms with Gasteiger partial charge in [0.15, 0.2) is 0 Å². The number of benzene rings is 1. The number of methoxy groups -OCH3 is 1. The average molecular weight is 451 g/mol. The Balaban J connectivity index is 0.000000360. The maximum Gasteiger partial charge on any atom is 0.490 e. The highest BCUT2D eigenvalue weighted by Crippen LogP contribution is 2.23. The number of carboxylic acids is 1.